The molecular formula is C18H17FN2. The molecule has 0 atom stereocenters. The van der Waals surface area contributed by atoms with E-state index in [1.165, 1.54) is 17.7 Å². The van der Waals surface area contributed by atoms with Crippen molar-refractivity contribution in [2.24, 2.45) is 7.05 Å². The van der Waals surface area contributed by atoms with E-state index in [9.17, 15) is 4.39 Å². The number of hydrogen-bond acceptors (Lipinski definition) is 1. The smallest absolute Gasteiger partial charge is 0.140 e. The fourth-order valence-electron chi connectivity index (χ4n) is 2.42. The molecular weight excluding hydrogens is 263 g/mol. The summed E-state index contributed by atoms with van der Waals surface area (Å²) in [5.41, 5.74) is 5.20. The SMILES string of the molecule is Cc1ccc(-c2nc(-c3ccc(F)cc3)c(C)n2C)cc1. The van der Waals surface area contributed by atoms with Crippen molar-refractivity contribution in [3.8, 4) is 22.6 Å². The predicted octanol–water partition coefficient (Wildman–Crippen LogP) is 4.51. The lowest BCUT2D eigenvalue weighted by Crippen LogP contribution is -1.94. The summed E-state index contributed by atoms with van der Waals surface area (Å²) in [4.78, 5) is 4.75. The maximum Gasteiger partial charge on any atom is 0.140 e. The molecule has 3 heteroatoms. The first-order chi connectivity index (χ1) is 10.1. The molecule has 0 radical (unpaired) electrons. The third-order valence-corrected chi connectivity index (χ3v) is 3.81. The molecule has 0 aliphatic carbocycles. The Kier molecular flexibility index (Phi) is 3.34. The highest BCUT2D eigenvalue weighted by molar-refractivity contribution is 5.68. The Bertz CT molecular complexity index is 702. The number of imidazole rings is 1. The first kappa shape index (κ1) is 13.6. The molecule has 0 N–H and O–H groups in total. The van der Waals surface area contributed by atoms with Gasteiger partial charge in [-0.05, 0) is 38.1 Å². The van der Waals surface area contributed by atoms with Crippen molar-refractivity contribution < 1.29 is 4.39 Å². The van der Waals surface area contributed by atoms with Crippen molar-refractivity contribution in [1.29, 1.82) is 0 Å². The molecule has 21 heavy (non-hydrogen) atoms. The van der Waals surface area contributed by atoms with Crippen LogP contribution < -0.4 is 0 Å². The summed E-state index contributed by atoms with van der Waals surface area (Å²) in [6.45, 7) is 4.10. The maximum atomic E-state index is 13.1. The normalized spacial score (nSPS) is 10.9. The standard InChI is InChI=1S/C18H17FN2/c1-12-4-6-15(7-5-12)18-20-17(13(2)21(18)3)14-8-10-16(19)11-9-14/h4-11H,1-3H3. The number of rotatable bonds is 2. The molecule has 2 aromatic carbocycles. The number of halogens is 1. The molecule has 0 unspecified atom stereocenters. The van der Waals surface area contributed by atoms with Crippen molar-refractivity contribution >= 4 is 0 Å². The molecule has 106 valence electrons. The van der Waals surface area contributed by atoms with E-state index in [4.69, 9.17) is 4.98 Å². The molecule has 0 fully saturated rings. The lowest BCUT2D eigenvalue weighted by Gasteiger charge is -2.03. The van der Waals surface area contributed by atoms with Crippen LogP contribution in [-0.2, 0) is 7.05 Å². The first-order valence-corrected chi connectivity index (χ1v) is 6.92. The van der Waals surface area contributed by atoms with Crippen LogP contribution in [0.15, 0.2) is 48.5 Å². The van der Waals surface area contributed by atoms with Crippen LogP contribution in [0.2, 0.25) is 0 Å². The molecule has 1 heterocycles. The minimum absolute atomic E-state index is 0.230. The molecule has 0 aliphatic rings. The zero-order chi connectivity index (χ0) is 15.0. The van der Waals surface area contributed by atoms with Gasteiger partial charge in [0.2, 0.25) is 0 Å². The Morgan fingerprint density at radius 1 is 0.857 bits per heavy atom. The van der Waals surface area contributed by atoms with Gasteiger partial charge in [0, 0.05) is 23.9 Å². The molecule has 3 rings (SSSR count). The number of hydrogen-bond donors (Lipinski definition) is 0. The van der Waals surface area contributed by atoms with Gasteiger partial charge < -0.3 is 4.57 Å². The van der Waals surface area contributed by atoms with Gasteiger partial charge in [-0.2, -0.15) is 0 Å². The van der Waals surface area contributed by atoms with Crippen LogP contribution in [-0.4, -0.2) is 9.55 Å². The second-order valence-corrected chi connectivity index (χ2v) is 5.30. The molecule has 1 aromatic heterocycles. The Hall–Kier alpha value is -2.42. The highest BCUT2D eigenvalue weighted by Gasteiger charge is 2.14. The zero-order valence-electron chi connectivity index (χ0n) is 12.4. The average Bonchev–Trinajstić information content (AvgIpc) is 2.78. The van der Waals surface area contributed by atoms with Crippen molar-refractivity contribution in [2.45, 2.75) is 13.8 Å². The van der Waals surface area contributed by atoms with E-state index in [-0.39, 0.29) is 5.82 Å². The van der Waals surface area contributed by atoms with E-state index in [0.717, 1.165) is 28.3 Å². The summed E-state index contributed by atoms with van der Waals surface area (Å²) in [6.07, 6.45) is 0. The van der Waals surface area contributed by atoms with E-state index >= 15 is 0 Å². The van der Waals surface area contributed by atoms with Crippen molar-refractivity contribution in [3.05, 3.63) is 65.6 Å². The molecule has 0 amide bonds. The second-order valence-electron chi connectivity index (χ2n) is 5.30. The van der Waals surface area contributed by atoms with Crippen LogP contribution in [0.1, 0.15) is 11.3 Å². The fraction of sp³-hybridized carbons (Fsp3) is 0.167. The van der Waals surface area contributed by atoms with Gasteiger partial charge in [0.1, 0.15) is 11.6 Å². The first-order valence-electron chi connectivity index (χ1n) is 6.92. The summed E-state index contributed by atoms with van der Waals surface area (Å²) in [5, 5.41) is 0. The van der Waals surface area contributed by atoms with E-state index in [1.54, 1.807) is 12.1 Å². The van der Waals surface area contributed by atoms with Crippen LogP contribution in [0.5, 0.6) is 0 Å². The zero-order valence-corrected chi connectivity index (χ0v) is 12.4. The molecule has 0 saturated heterocycles. The lowest BCUT2D eigenvalue weighted by molar-refractivity contribution is 0.628. The molecule has 0 saturated carbocycles. The third-order valence-electron chi connectivity index (χ3n) is 3.81. The van der Waals surface area contributed by atoms with E-state index in [0.29, 0.717) is 0 Å². The van der Waals surface area contributed by atoms with Crippen LogP contribution in [0.25, 0.3) is 22.6 Å². The summed E-state index contributed by atoms with van der Waals surface area (Å²) in [6, 6.07) is 14.8. The number of benzene rings is 2. The largest absolute Gasteiger partial charge is 0.331 e. The monoisotopic (exact) mass is 280 g/mol. The highest BCUT2D eigenvalue weighted by atomic mass is 19.1. The average molecular weight is 280 g/mol. The topological polar surface area (TPSA) is 17.8 Å². The Labute approximate surface area is 123 Å². The number of nitrogens with zero attached hydrogens (tertiary/aromatic N) is 2. The number of aryl methyl sites for hydroxylation is 1. The minimum atomic E-state index is -0.230. The van der Waals surface area contributed by atoms with Crippen LogP contribution in [0, 0.1) is 19.7 Å². The Morgan fingerprint density at radius 2 is 1.43 bits per heavy atom. The van der Waals surface area contributed by atoms with Crippen LogP contribution in [0.3, 0.4) is 0 Å². The Balaban J connectivity index is 2.11. The predicted molar refractivity (Wildman–Crippen MR) is 83.5 cm³/mol. The summed E-state index contributed by atoms with van der Waals surface area (Å²) in [5.74, 6) is 0.693. The van der Waals surface area contributed by atoms with Gasteiger partial charge in [-0.25, -0.2) is 9.37 Å². The van der Waals surface area contributed by atoms with Crippen LogP contribution >= 0.6 is 0 Å². The lowest BCUT2D eigenvalue weighted by atomic mass is 10.1. The number of aromatic nitrogens is 2. The van der Waals surface area contributed by atoms with Gasteiger partial charge in [0.05, 0.1) is 5.69 Å². The quantitative estimate of drug-likeness (QED) is 0.675. The molecule has 2 nitrogen and oxygen atoms in total. The van der Waals surface area contributed by atoms with Crippen molar-refractivity contribution in [2.75, 3.05) is 0 Å². The van der Waals surface area contributed by atoms with Gasteiger partial charge in [0.15, 0.2) is 0 Å². The van der Waals surface area contributed by atoms with Gasteiger partial charge in [-0.3, -0.25) is 0 Å². The summed E-state index contributed by atoms with van der Waals surface area (Å²) in [7, 11) is 2.00. The van der Waals surface area contributed by atoms with E-state index < -0.39 is 0 Å². The van der Waals surface area contributed by atoms with Crippen LogP contribution in [0.4, 0.5) is 4.39 Å². The minimum Gasteiger partial charge on any atom is -0.331 e. The fourth-order valence-corrected chi connectivity index (χ4v) is 2.42. The summed E-state index contributed by atoms with van der Waals surface area (Å²) >= 11 is 0. The molecule has 3 aromatic rings. The molecule has 0 bridgehead atoms. The van der Waals surface area contributed by atoms with Crippen molar-refractivity contribution in [1.82, 2.24) is 9.55 Å². The summed E-state index contributed by atoms with van der Waals surface area (Å²) < 4.78 is 15.1. The molecule has 0 aliphatic heterocycles. The van der Waals surface area contributed by atoms with Gasteiger partial charge in [0.25, 0.3) is 0 Å². The Morgan fingerprint density at radius 3 is 2.05 bits per heavy atom. The van der Waals surface area contributed by atoms with Gasteiger partial charge in [-0.1, -0.05) is 29.8 Å². The van der Waals surface area contributed by atoms with Gasteiger partial charge >= 0.3 is 0 Å². The van der Waals surface area contributed by atoms with Crippen molar-refractivity contribution in [3.63, 3.8) is 0 Å². The van der Waals surface area contributed by atoms with E-state index in [2.05, 4.69) is 35.8 Å². The third kappa shape index (κ3) is 2.47. The maximum absolute atomic E-state index is 13.1. The van der Waals surface area contributed by atoms with Gasteiger partial charge in [-0.15, -0.1) is 0 Å². The molecule has 0 spiro atoms. The second kappa shape index (κ2) is 5.17. The van der Waals surface area contributed by atoms with E-state index in [1.807, 2.05) is 14.0 Å². The highest BCUT2D eigenvalue weighted by Crippen LogP contribution is 2.28.